The maximum atomic E-state index is 6.85. The van der Waals surface area contributed by atoms with Gasteiger partial charge in [-0.1, -0.05) is 72.8 Å². The van der Waals surface area contributed by atoms with Crippen molar-refractivity contribution in [2.45, 2.75) is 31.3 Å². The molecule has 1 aliphatic heterocycles. The Labute approximate surface area is 183 Å². The van der Waals surface area contributed by atoms with E-state index in [0.717, 1.165) is 37.0 Å². The number of benzene rings is 3. The molecule has 5 rings (SSSR count). The molecule has 31 heavy (non-hydrogen) atoms. The van der Waals surface area contributed by atoms with Gasteiger partial charge in [-0.25, -0.2) is 9.97 Å². The van der Waals surface area contributed by atoms with Crippen LogP contribution in [-0.2, 0) is 19.3 Å². The van der Waals surface area contributed by atoms with Crippen molar-refractivity contribution in [2.75, 3.05) is 0 Å². The molecule has 0 saturated heterocycles. The summed E-state index contributed by atoms with van der Waals surface area (Å²) in [6.07, 6.45) is 9.03. The molecular formula is C27H27N3O. The Kier molecular flexibility index (Phi) is 6.10. The van der Waals surface area contributed by atoms with Crippen LogP contribution in [0.4, 0.5) is 0 Å². The van der Waals surface area contributed by atoms with Crippen LogP contribution in [0.1, 0.15) is 23.1 Å². The van der Waals surface area contributed by atoms with E-state index in [1.165, 1.54) is 22.3 Å². The minimum atomic E-state index is -0.262. The third-order valence-electron chi connectivity index (χ3n) is 5.90. The van der Waals surface area contributed by atoms with Crippen LogP contribution < -0.4 is 10.9 Å². The molecule has 0 bridgehead atoms. The first-order valence-corrected chi connectivity index (χ1v) is 10.5. The molecule has 1 aliphatic rings. The minimum absolute atomic E-state index is 0. The zero-order valence-electron chi connectivity index (χ0n) is 17.6. The Morgan fingerprint density at radius 3 is 1.97 bits per heavy atom. The van der Waals surface area contributed by atoms with Crippen molar-refractivity contribution in [3.63, 3.8) is 0 Å². The fourth-order valence-electron chi connectivity index (χ4n) is 4.51. The summed E-state index contributed by atoms with van der Waals surface area (Å²) in [6, 6.07) is 27.7. The van der Waals surface area contributed by atoms with Crippen molar-refractivity contribution >= 4 is 0 Å². The van der Waals surface area contributed by atoms with E-state index in [1.54, 1.807) is 6.33 Å². The molecule has 4 nitrogen and oxygen atoms in total. The summed E-state index contributed by atoms with van der Waals surface area (Å²) in [5.41, 5.74) is 5.82. The van der Waals surface area contributed by atoms with Gasteiger partial charge in [0.05, 0.1) is 0 Å². The monoisotopic (exact) mass is 409 g/mol. The van der Waals surface area contributed by atoms with Gasteiger partial charge in [0, 0.05) is 36.4 Å². The van der Waals surface area contributed by atoms with Gasteiger partial charge in [0.25, 0.3) is 0 Å². The van der Waals surface area contributed by atoms with E-state index in [4.69, 9.17) is 4.74 Å². The highest BCUT2D eigenvalue weighted by Crippen LogP contribution is 2.41. The topological polar surface area (TPSA) is 70.0 Å². The summed E-state index contributed by atoms with van der Waals surface area (Å²) in [4.78, 5) is 8.40. The quantitative estimate of drug-likeness (QED) is 0.448. The minimum Gasteiger partial charge on any atom is -0.486 e. The molecule has 0 saturated carbocycles. The number of ether oxygens (including phenoxy) is 1. The first-order valence-electron chi connectivity index (χ1n) is 10.5. The fourth-order valence-corrected chi connectivity index (χ4v) is 4.51. The maximum Gasteiger partial charge on any atom is 0.123 e. The SMILES string of the molecule is N.c1ccc(CC2(Cc3ccccc3)CCc3c(cccc3-c3cncnc3)O2)cc1. The number of aromatic nitrogens is 2. The first kappa shape index (κ1) is 20.8. The second-order valence-corrected chi connectivity index (χ2v) is 8.02. The molecule has 0 amide bonds. The van der Waals surface area contributed by atoms with Crippen molar-refractivity contribution in [1.82, 2.24) is 16.1 Å². The van der Waals surface area contributed by atoms with Gasteiger partial charge in [-0.05, 0) is 35.6 Å². The predicted molar refractivity (Wildman–Crippen MR) is 124 cm³/mol. The summed E-state index contributed by atoms with van der Waals surface area (Å²) < 4.78 is 6.85. The number of hydrogen-bond donors (Lipinski definition) is 1. The Balaban J connectivity index is 0.00000231. The normalized spacial score (nSPS) is 14.1. The second kappa shape index (κ2) is 9.11. The molecule has 3 aromatic carbocycles. The van der Waals surface area contributed by atoms with Gasteiger partial charge < -0.3 is 10.9 Å². The van der Waals surface area contributed by atoms with Gasteiger partial charge in [-0.15, -0.1) is 0 Å². The Hall–Kier alpha value is -3.50. The molecule has 4 aromatic rings. The Morgan fingerprint density at radius 2 is 1.35 bits per heavy atom. The molecule has 0 fully saturated rings. The number of rotatable bonds is 5. The summed E-state index contributed by atoms with van der Waals surface area (Å²) >= 11 is 0. The average Bonchev–Trinajstić information content (AvgIpc) is 2.80. The van der Waals surface area contributed by atoms with Crippen LogP contribution >= 0.6 is 0 Å². The van der Waals surface area contributed by atoms with Crippen molar-refractivity contribution in [1.29, 1.82) is 0 Å². The highest BCUT2D eigenvalue weighted by molar-refractivity contribution is 5.69. The smallest absolute Gasteiger partial charge is 0.123 e. The zero-order chi connectivity index (χ0) is 20.2. The summed E-state index contributed by atoms with van der Waals surface area (Å²) in [5, 5.41) is 0. The molecule has 1 aromatic heterocycles. The van der Waals surface area contributed by atoms with E-state index in [-0.39, 0.29) is 11.8 Å². The van der Waals surface area contributed by atoms with Gasteiger partial charge in [0.2, 0.25) is 0 Å². The lowest BCUT2D eigenvalue weighted by atomic mass is 9.80. The first-order chi connectivity index (χ1) is 14.8. The summed E-state index contributed by atoms with van der Waals surface area (Å²) in [6.45, 7) is 0. The third kappa shape index (κ3) is 4.49. The van der Waals surface area contributed by atoms with Crippen molar-refractivity contribution in [3.05, 3.63) is 114 Å². The molecule has 0 radical (unpaired) electrons. The van der Waals surface area contributed by atoms with Crippen LogP contribution in [0.15, 0.2) is 97.6 Å². The number of nitrogens with zero attached hydrogens (tertiary/aromatic N) is 2. The maximum absolute atomic E-state index is 6.85. The van der Waals surface area contributed by atoms with Gasteiger partial charge in [-0.3, -0.25) is 0 Å². The van der Waals surface area contributed by atoms with Crippen molar-refractivity contribution in [3.8, 4) is 16.9 Å². The van der Waals surface area contributed by atoms with E-state index in [0.29, 0.717) is 0 Å². The number of fused-ring (bicyclic) bond motifs is 1. The Bertz CT molecular complexity index is 1070. The predicted octanol–water partition coefficient (Wildman–Crippen LogP) is 5.85. The Morgan fingerprint density at radius 1 is 0.742 bits per heavy atom. The third-order valence-corrected chi connectivity index (χ3v) is 5.90. The van der Waals surface area contributed by atoms with E-state index in [2.05, 4.69) is 88.8 Å². The van der Waals surface area contributed by atoms with Crippen LogP contribution in [0.5, 0.6) is 5.75 Å². The second-order valence-electron chi connectivity index (χ2n) is 8.02. The summed E-state index contributed by atoms with van der Waals surface area (Å²) in [5.74, 6) is 0.981. The standard InChI is InChI=1S/C27H24N2O.H3N/c1-3-8-21(9-4-1)16-27(17-22-10-5-2-6-11-22)15-14-25-24(12-7-13-26(25)30-27)23-18-28-20-29-19-23;/h1-13,18-20H,14-17H2;1H3. The van der Waals surface area contributed by atoms with Crippen molar-refractivity contribution in [2.24, 2.45) is 0 Å². The molecule has 0 aliphatic carbocycles. The van der Waals surface area contributed by atoms with Gasteiger partial charge in [-0.2, -0.15) is 0 Å². The van der Waals surface area contributed by atoms with E-state index >= 15 is 0 Å². The lowest BCUT2D eigenvalue weighted by Crippen LogP contribution is -2.44. The molecule has 0 spiro atoms. The lowest BCUT2D eigenvalue weighted by Gasteiger charge is -2.40. The molecule has 3 N–H and O–H groups in total. The van der Waals surface area contributed by atoms with Gasteiger partial charge >= 0.3 is 0 Å². The molecule has 0 atom stereocenters. The number of hydrogen-bond acceptors (Lipinski definition) is 4. The van der Waals surface area contributed by atoms with Crippen molar-refractivity contribution < 1.29 is 4.74 Å². The summed E-state index contributed by atoms with van der Waals surface area (Å²) in [7, 11) is 0. The van der Waals surface area contributed by atoms with Crippen LogP contribution in [-0.4, -0.2) is 15.6 Å². The van der Waals surface area contributed by atoms with Crippen LogP contribution in [0.3, 0.4) is 0 Å². The molecule has 4 heteroatoms. The van der Waals surface area contributed by atoms with E-state index in [9.17, 15) is 0 Å². The average molecular weight is 410 g/mol. The van der Waals surface area contributed by atoms with Gasteiger partial charge in [0.1, 0.15) is 17.7 Å². The van der Waals surface area contributed by atoms with E-state index < -0.39 is 0 Å². The molecule has 0 unspecified atom stereocenters. The van der Waals surface area contributed by atoms with Crippen LogP contribution in [0.25, 0.3) is 11.1 Å². The van der Waals surface area contributed by atoms with Crippen LogP contribution in [0.2, 0.25) is 0 Å². The fraction of sp³-hybridized carbons (Fsp3) is 0.185. The molecule has 2 heterocycles. The van der Waals surface area contributed by atoms with E-state index in [1.807, 2.05) is 12.4 Å². The molecule has 156 valence electrons. The zero-order valence-corrected chi connectivity index (χ0v) is 17.6. The highest BCUT2D eigenvalue weighted by atomic mass is 16.5. The van der Waals surface area contributed by atoms with Gasteiger partial charge in [0.15, 0.2) is 0 Å². The lowest BCUT2D eigenvalue weighted by molar-refractivity contribution is 0.0466. The highest BCUT2D eigenvalue weighted by Gasteiger charge is 2.37. The molecular weight excluding hydrogens is 382 g/mol. The largest absolute Gasteiger partial charge is 0.486 e. The van der Waals surface area contributed by atoms with Crippen LogP contribution in [0, 0.1) is 0 Å².